The number of hydrogen-bond donors (Lipinski definition) is 2. The monoisotopic (exact) mass is 301 g/mol. The number of carbonyl (C=O) groups is 2. The van der Waals surface area contributed by atoms with E-state index in [2.05, 4.69) is 11.4 Å². The van der Waals surface area contributed by atoms with Crippen molar-refractivity contribution in [2.24, 2.45) is 0 Å². The molecule has 1 aliphatic carbocycles. The zero-order chi connectivity index (χ0) is 15.9. The number of amides is 1. The first-order chi connectivity index (χ1) is 10.6. The summed E-state index contributed by atoms with van der Waals surface area (Å²) in [6.07, 6.45) is 6.76. The van der Waals surface area contributed by atoms with Crippen molar-refractivity contribution in [2.75, 3.05) is 0 Å². The molecule has 0 bridgehead atoms. The van der Waals surface area contributed by atoms with E-state index in [0.717, 1.165) is 30.4 Å². The van der Waals surface area contributed by atoms with Gasteiger partial charge in [0.1, 0.15) is 0 Å². The van der Waals surface area contributed by atoms with Crippen LogP contribution in [0.5, 0.6) is 0 Å². The van der Waals surface area contributed by atoms with Crippen LogP contribution in [-0.4, -0.2) is 17.0 Å². The molecule has 118 valence electrons. The van der Waals surface area contributed by atoms with Gasteiger partial charge in [-0.3, -0.25) is 9.59 Å². The van der Waals surface area contributed by atoms with Crippen molar-refractivity contribution in [1.82, 2.24) is 5.32 Å². The number of carboxylic acid groups (broad SMARTS) is 1. The number of carboxylic acids is 1. The van der Waals surface area contributed by atoms with Gasteiger partial charge in [-0.25, -0.2) is 0 Å². The largest absolute Gasteiger partial charge is 0.481 e. The Morgan fingerprint density at radius 1 is 1.27 bits per heavy atom. The van der Waals surface area contributed by atoms with Crippen LogP contribution < -0.4 is 5.32 Å². The Bertz CT molecular complexity index is 577. The standard InChI is InChI=1S/C18H23NO3/c1-13-7-5-6-10-15(13)16(12-18(21)22)19-17(20)11-14-8-3-2-4-9-14/h5-8,10,16H,2-4,9,11-12H2,1H3,(H,19,20)(H,21,22). The lowest BCUT2D eigenvalue weighted by atomic mass is 9.95. The summed E-state index contributed by atoms with van der Waals surface area (Å²) in [5.74, 6) is -1.01. The topological polar surface area (TPSA) is 66.4 Å². The highest BCUT2D eigenvalue weighted by molar-refractivity contribution is 5.80. The minimum Gasteiger partial charge on any atom is -0.481 e. The molecule has 0 heterocycles. The molecule has 1 aromatic carbocycles. The van der Waals surface area contributed by atoms with Gasteiger partial charge in [0, 0.05) is 6.42 Å². The minimum absolute atomic E-state index is 0.0948. The smallest absolute Gasteiger partial charge is 0.305 e. The molecule has 1 aromatic rings. The van der Waals surface area contributed by atoms with E-state index in [-0.39, 0.29) is 12.3 Å². The van der Waals surface area contributed by atoms with E-state index < -0.39 is 12.0 Å². The lowest BCUT2D eigenvalue weighted by Crippen LogP contribution is -2.30. The summed E-state index contributed by atoms with van der Waals surface area (Å²) in [7, 11) is 0. The van der Waals surface area contributed by atoms with E-state index >= 15 is 0 Å². The number of rotatable bonds is 6. The number of allylic oxidation sites excluding steroid dienone is 1. The van der Waals surface area contributed by atoms with Crippen LogP contribution in [0.15, 0.2) is 35.9 Å². The quantitative estimate of drug-likeness (QED) is 0.790. The van der Waals surface area contributed by atoms with E-state index in [1.54, 1.807) is 0 Å². The second-order valence-electron chi connectivity index (χ2n) is 5.86. The van der Waals surface area contributed by atoms with Gasteiger partial charge in [-0.2, -0.15) is 0 Å². The van der Waals surface area contributed by atoms with Gasteiger partial charge in [0.15, 0.2) is 0 Å². The molecule has 0 saturated heterocycles. The van der Waals surface area contributed by atoms with E-state index in [4.69, 9.17) is 5.11 Å². The Hall–Kier alpha value is -2.10. The molecular formula is C18H23NO3. The zero-order valence-electron chi connectivity index (χ0n) is 13.0. The fourth-order valence-electron chi connectivity index (χ4n) is 2.91. The van der Waals surface area contributed by atoms with Gasteiger partial charge in [-0.15, -0.1) is 0 Å². The summed E-state index contributed by atoms with van der Waals surface area (Å²) in [5.41, 5.74) is 3.03. The molecule has 0 spiro atoms. The average molecular weight is 301 g/mol. The first-order valence-corrected chi connectivity index (χ1v) is 7.81. The van der Waals surface area contributed by atoms with Crippen LogP contribution >= 0.6 is 0 Å². The third-order valence-electron chi connectivity index (χ3n) is 4.05. The number of aliphatic carboxylic acids is 1. The van der Waals surface area contributed by atoms with E-state index in [9.17, 15) is 9.59 Å². The SMILES string of the molecule is Cc1ccccc1C(CC(=O)O)NC(=O)CC1=CCCCC1. The van der Waals surface area contributed by atoms with Crippen molar-refractivity contribution in [2.45, 2.75) is 51.5 Å². The van der Waals surface area contributed by atoms with Gasteiger partial charge in [0.05, 0.1) is 12.5 Å². The minimum atomic E-state index is -0.912. The van der Waals surface area contributed by atoms with Crippen LogP contribution in [0.4, 0.5) is 0 Å². The Labute approximate surface area is 131 Å². The van der Waals surface area contributed by atoms with E-state index in [0.29, 0.717) is 6.42 Å². The van der Waals surface area contributed by atoms with Crippen LogP contribution in [0.2, 0.25) is 0 Å². The zero-order valence-corrected chi connectivity index (χ0v) is 13.0. The highest BCUT2D eigenvalue weighted by Crippen LogP contribution is 2.23. The van der Waals surface area contributed by atoms with Gasteiger partial charge >= 0.3 is 5.97 Å². The molecule has 2 N–H and O–H groups in total. The van der Waals surface area contributed by atoms with Crippen molar-refractivity contribution in [3.05, 3.63) is 47.0 Å². The van der Waals surface area contributed by atoms with Gasteiger partial charge in [0.25, 0.3) is 0 Å². The van der Waals surface area contributed by atoms with Crippen LogP contribution in [0, 0.1) is 6.92 Å². The Balaban J connectivity index is 2.06. The Morgan fingerprint density at radius 2 is 2.05 bits per heavy atom. The maximum atomic E-state index is 12.2. The first-order valence-electron chi connectivity index (χ1n) is 7.81. The lowest BCUT2D eigenvalue weighted by Gasteiger charge is -2.20. The van der Waals surface area contributed by atoms with Gasteiger partial charge < -0.3 is 10.4 Å². The highest BCUT2D eigenvalue weighted by atomic mass is 16.4. The van der Waals surface area contributed by atoms with Gasteiger partial charge in [-0.1, -0.05) is 35.9 Å². The molecule has 1 aliphatic rings. The number of hydrogen-bond acceptors (Lipinski definition) is 2. The predicted molar refractivity (Wildman–Crippen MR) is 85.5 cm³/mol. The van der Waals surface area contributed by atoms with Crippen molar-refractivity contribution in [1.29, 1.82) is 0 Å². The molecule has 1 atom stereocenters. The molecule has 0 saturated carbocycles. The molecule has 4 heteroatoms. The lowest BCUT2D eigenvalue weighted by molar-refractivity contribution is -0.137. The summed E-state index contributed by atoms with van der Waals surface area (Å²) >= 11 is 0. The molecule has 0 aromatic heterocycles. The average Bonchev–Trinajstić information content (AvgIpc) is 2.47. The van der Waals surface area contributed by atoms with E-state index in [1.807, 2.05) is 31.2 Å². The van der Waals surface area contributed by atoms with Crippen molar-refractivity contribution < 1.29 is 14.7 Å². The fourth-order valence-corrected chi connectivity index (χ4v) is 2.91. The number of aryl methyl sites for hydroxylation is 1. The molecular weight excluding hydrogens is 278 g/mol. The third kappa shape index (κ3) is 4.72. The van der Waals surface area contributed by atoms with Crippen molar-refractivity contribution >= 4 is 11.9 Å². The van der Waals surface area contributed by atoms with Crippen LogP contribution in [0.25, 0.3) is 0 Å². The van der Waals surface area contributed by atoms with Crippen LogP contribution in [-0.2, 0) is 9.59 Å². The Morgan fingerprint density at radius 3 is 2.68 bits per heavy atom. The van der Waals surface area contributed by atoms with Crippen molar-refractivity contribution in [3.8, 4) is 0 Å². The third-order valence-corrected chi connectivity index (χ3v) is 4.05. The summed E-state index contributed by atoms with van der Waals surface area (Å²) in [6.45, 7) is 1.93. The maximum absolute atomic E-state index is 12.2. The maximum Gasteiger partial charge on any atom is 0.305 e. The molecule has 1 unspecified atom stereocenters. The second kappa shape index (κ2) is 7.78. The fraction of sp³-hybridized carbons (Fsp3) is 0.444. The normalized spacial score (nSPS) is 15.8. The van der Waals surface area contributed by atoms with Gasteiger partial charge in [0.2, 0.25) is 5.91 Å². The second-order valence-corrected chi connectivity index (χ2v) is 5.86. The summed E-state index contributed by atoms with van der Waals surface area (Å²) < 4.78 is 0. The predicted octanol–water partition coefficient (Wildman–Crippen LogP) is 3.52. The summed E-state index contributed by atoms with van der Waals surface area (Å²) in [6, 6.07) is 7.11. The summed E-state index contributed by atoms with van der Waals surface area (Å²) in [5, 5.41) is 12.0. The van der Waals surface area contributed by atoms with Crippen molar-refractivity contribution in [3.63, 3.8) is 0 Å². The summed E-state index contributed by atoms with van der Waals surface area (Å²) in [4.78, 5) is 23.3. The van der Waals surface area contributed by atoms with Crippen LogP contribution in [0.3, 0.4) is 0 Å². The van der Waals surface area contributed by atoms with Gasteiger partial charge in [-0.05, 0) is 43.7 Å². The molecule has 4 nitrogen and oxygen atoms in total. The molecule has 1 amide bonds. The first kappa shape index (κ1) is 16.3. The number of nitrogens with one attached hydrogen (secondary N) is 1. The highest BCUT2D eigenvalue weighted by Gasteiger charge is 2.20. The van der Waals surface area contributed by atoms with E-state index in [1.165, 1.54) is 12.0 Å². The molecule has 0 radical (unpaired) electrons. The molecule has 0 fully saturated rings. The van der Waals surface area contributed by atoms with Crippen LogP contribution in [0.1, 0.15) is 55.7 Å². The molecule has 22 heavy (non-hydrogen) atoms. The molecule has 2 rings (SSSR count). The Kier molecular flexibility index (Phi) is 5.75. The number of benzene rings is 1. The number of carbonyl (C=O) groups excluding carboxylic acids is 1. The molecule has 0 aliphatic heterocycles.